The van der Waals surface area contributed by atoms with E-state index in [2.05, 4.69) is 22.1 Å². The Morgan fingerprint density at radius 1 is 1.25 bits per heavy atom. The van der Waals surface area contributed by atoms with Gasteiger partial charge in [0.25, 0.3) is 0 Å². The van der Waals surface area contributed by atoms with E-state index in [1.54, 1.807) is 22.4 Å². The summed E-state index contributed by atoms with van der Waals surface area (Å²) in [4.78, 5) is 19.9. The molecule has 3 aromatic rings. The summed E-state index contributed by atoms with van der Waals surface area (Å²) in [5.74, 6) is 0.189. The highest BCUT2D eigenvalue weighted by atomic mass is 32.2. The van der Waals surface area contributed by atoms with Crippen molar-refractivity contribution in [2.45, 2.75) is 10.6 Å². The van der Waals surface area contributed by atoms with Gasteiger partial charge in [0.1, 0.15) is 0 Å². The van der Waals surface area contributed by atoms with Crippen LogP contribution >= 0.6 is 11.8 Å². The molecule has 5 nitrogen and oxygen atoms in total. The van der Waals surface area contributed by atoms with E-state index in [-0.39, 0.29) is 5.69 Å². The van der Waals surface area contributed by atoms with Crippen LogP contribution in [0.1, 0.15) is 16.1 Å². The molecule has 1 aromatic carbocycles. The molecule has 0 saturated heterocycles. The third-order valence-corrected chi connectivity index (χ3v) is 3.78. The molecule has 0 spiro atoms. The lowest BCUT2D eigenvalue weighted by Gasteiger charge is -2.02. The number of carboxylic acid groups (broad SMARTS) is 1. The number of hydrogen-bond donors (Lipinski definition) is 1. The Hall–Kier alpha value is -2.34. The van der Waals surface area contributed by atoms with Crippen molar-refractivity contribution in [1.82, 2.24) is 14.4 Å². The van der Waals surface area contributed by atoms with Gasteiger partial charge in [0.15, 0.2) is 5.69 Å². The zero-order valence-corrected chi connectivity index (χ0v) is 11.2. The van der Waals surface area contributed by atoms with Crippen LogP contribution in [0.5, 0.6) is 0 Å². The first-order chi connectivity index (χ1) is 9.72. The molecule has 0 bridgehead atoms. The maximum atomic E-state index is 10.9. The van der Waals surface area contributed by atoms with Gasteiger partial charge in [0.05, 0.1) is 0 Å². The summed E-state index contributed by atoms with van der Waals surface area (Å²) in [6.45, 7) is 0. The summed E-state index contributed by atoms with van der Waals surface area (Å²) in [6, 6.07) is 10.1. The second-order valence-electron chi connectivity index (χ2n) is 4.20. The normalized spacial score (nSPS) is 10.8. The number of carboxylic acids is 1. The minimum Gasteiger partial charge on any atom is -0.476 e. The van der Waals surface area contributed by atoms with E-state index in [0.717, 1.165) is 10.6 Å². The van der Waals surface area contributed by atoms with Gasteiger partial charge in [-0.25, -0.2) is 14.8 Å². The van der Waals surface area contributed by atoms with E-state index in [9.17, 15) is 4.79 Å². The molecule has 0 aliphatic rings. The zero-order valence-electron chi connectivity index (χ0n) is 10.4. The number of aromatic nitrogens is 3. The molecule has 0 aliphatic heterocycles. The van der Waals surface area contributed by atoms with Gasteiger partial charge in [-0.3, -0.25) is 4.40 Å². The molecule has 20 heavy (non-hydrogen) atoms. The molecule has 6 heteroatoms. The Balaban J connectivity index is 1.80. The van der Waals surface area contributed by atoms with E-state index >= 15 is 0 Å². The molecule has 0 aliphatic carbocycles. The van der Waals surface area contributed by atoms with Gasteiger partial charge in [-0.15, -0.1) is 11.8 Å². The molecule has 100 valence electrons. The quantitative estimate of drug-likeness (QED) is 0.746. The maximum absolute atomic E-state index is 10.9. The lowest BCUT2D eigenvalue weighted by Crippen LogP contribution is -1.94. The van der Waals surface area contributed by atoms with Gasteiger partial charge in [-0.2, -0.15) is 0 Å². The summed E-state index contributed by atoms with van der Waals surface area (Å²) in [6.07, 6.45) is 5.02. The van der Waals surface area contributed by atoms with Crippen molar-refractivity contribution >= 4 is 23.5 Å². The molecule has 0 saturated carbocycles. The highest BCUT2D eigenvalue weighted by molar-refractivity contribution is 7.98. The fraction of sp³-hybridized carbons (Fsp3) is 0.0714. The average molecular weight is 285 g/mol. The van der Waals surface area contributed by atoms with Crippen LogP contribution in [0.4, 0.5) is 0 Å². The number of imidazole rings is 1. The number of aromatic carboxylic acids is 1. The van der Waals surface area contributed by atoms with Crippen LogP contribution in [-0.2, 0) is 5.75 Å². The molecule has 0 radical (unpaired) electrons. The lowest BCUT2D eigenvalue weighted by molar-refractivity contribution is 0.0691. The first kappa shape index (κ1) is 12.7. The Kier molecular flexibility index (Phi) is 3.39. The molecule has 0 amide bonds. The van der Waals surface area contributed by atoms with Crippen molar-refractivity contribution in [3.05, 3.63) is 60.2 Å². The molecule has 0 fully saturated rings. The van der Waals surface area contributed by atoms with Gasteiger partial charge in [0, 0.05) is 29.2 Å². The number of benzene rings is 1. The fourth-order valence-corrected chi connectivity index (χ4v) is 2.63. The topological polar surface area (TPSA) is 67.5 Å². The van der Waals surface area contributed by atoms with E-state index in [1.807, 2.05) is 24.4 Å². The van der Waals surface area contributed by atoms with E-state index in [1.165, 1.54) is 11.8 Å². The first-order valence-electron chi connectivity index (χ1n) is 5.97. The number of fused-ring (bicyclic) bond motifs is 1. The van der Waals surface area contributed by atoms with Crippen LogP contribution in [-0.4, -0.2) is 25.4 Å². The number of hydrogen-bond acceptors (Lipinski definition) is 4. The number of rotatable bonds is 4. The first-order valence-corrected chi connectivity index (χ1v) is 6.96. The minimum absolute atomic E-state index is 0.00251. The molecule has 0 atom stereocenters. The van der Waals surface area contributed by atoms with Gasteiger partial charge in [-0.05, 0) is 5.56 Å². The van der Waals surface area contributed by atoms with Gasteiger partial charge in [0.2, 0.25) is 5.78 Å². The lowest BCUT2D eigenvalue weighted by atomic mass is 10.2. The average Bonchev–Trinajstić information content (AvgIpc) is 2.89. The summed E-state index contributed by atoms with van der Waals surface area (Å²) < 4.78 is 1.64. The standard InChI is InChI=1S/C14H11N3O2S/c18-13(19)12-8-17-7-11(6-15-14(17)16-12)20-9-10-4-2-1-3-5-10/h1-8H,9H2,(H,18,19). The molecule has 3 rings (SSSR count). The Morgan fingerprint density at radius 3 is 2.80 bits per heavy atom. The number of nitrogens with zero attached hydrogens (tertiary/aromatic N) is 3. The fourth-order valence-electron chi connectivity index (χ4n) is 1.78. The van der Waals surface area contributed by atoms with Gasteiger partial charge in [-0.1, -0.05) is 30.3 Å². The van der Waals surface area contributed by atoms with Crippen molar-refractivity contribution in [3.63, 3.8) is 0 Å². The van der Waals surface area contributed by atoms with Crippen molar-refractivity contribution in [1.29, 1.82) is 0 Å². The third-order valence-electron chi connectivity index (χ3n) is 2.75. The summed E-state index contributed by atoms with van der Waals surface area (Å²) in [5, 5.41) is 8.90. The molecule has 0 unspecified atom stereocenters. The zero-order chi connectivity index (χ0) is 13.9. The van der Waals surface area contributed by atoms with Gasteiger partial charge < -0.3 is 5.11 Å². The monoisotopic (exact) mass is 285 g/mol. The summed E-state index contributed by atoms with van der Waals surface area (Å²) in [5.41, 5.74) is 1.23. The van der Waals surface area contributed by atoms with Crippen LogP contribution < -0.4 is 0 Å². The molecular weight excluding hydrogens is 274 g/mol. The highest BCUT2D eigenvalue weighted by Crippen LogP contribution is 2.22. The smallest absolute Gasteiger partial charge is 0.356 e. The second-order valence-corrected chi connectivity index (χ2v) is 5.25. The minimum atomic E-state index is -1.05. The van der Waals surface area contributed by atoms with Crippen molar-refractivity contribution in [2.75, 3.05) is 0 Å². The molecule has 2 aromatic heterocycles. The van der Waals surface area contributed by atoms with Crippen molar-refractivity contribution < 1.29 is 9.90 Å². The Bertz CT molecular complexity index is 755. The van der Waals surface area contributed by atoms with Crippen LogP contribution in [0.2, 0.25) is 0 Å². The maximum Gasteiger partial charge on any atom is 0.356 e. The summed E-state index contributed by atoms with van der Waals surface area (Å²) in [7, 11) is 0. The Morgan fingerprint density at radius 2 is 2.05 bits per heavy atom. The van der Waals surface area contributed by atoms with Crippen molar-refractivity contribution in [2.24, 2.45) is 0 Å². The number of thioether (sulfide) groups is 1. The van der Waals surface area contributed by atoms with Crippen molar-refractivity contribution in [3.8, 4) is 0 Å². The second kappa shape index (κ2) is 5.34. The largest absolute Gasteiger partial charge is 0.476 e. The Labute approximate surface area is 119 Å². The third kappa shape index (κ3) is 2.65. The van der Waals surface area contributed by atoms with E-state index in [4.69, 9.17) is 5.11 Å². The predicted molar refractivity (Wildman–Crippen MR) is 75.9 cm³/mol. The van der Waals surface area contributed by atoms with Gasteiger partial charge >= 0.3 is 5.97 Å². The molecule has 2 heterocycles. The van der Waals surface area contributed by atoms with E-state index in [0.29, 0.717) is 5.78 Å². The molecular formula is C14H11N3O2S. The van der Waals surface area contributed by atoms with Crippen LogP contribution in [0.25, 0.3) is 5.78 Å². The van der Waals surface area contributed by atoms with Crippen LogP contribution in [0.15, 0.2) is 53.8 Å². The van der Waals surface area contributed by atoms with Crippen LogP contribution in [0, 0.1) is 0 Å². The summed E-state index contributed by atoms with van der Waals surface area (Å²) >= 11 is 1.65. The number of carbonyl (C=O) groups is 1. The SMILES string of the molecule is O=C(O)c1cn2cc(SCc3ccccc3)cnc2n1. The predicted octanol–water partition coefficient (Wildman–Crippen LogP) is 2.72. The van der Waals surface area contributed by atoms with E-state index < -0.39 is 5.97 Å². The molecule has 1 N–H and O–H groups in total. The highest BCUT2D eigenvalue weighted by Gasteiger charge is 2.09. The van der Waals surface area contributed by atoms with Crippen LogP contribution in [0.3, 0.4) is 0 Å².